The molecule has 0 saturated carbocycles. The molecule has 8 aromatic carbocycles. The van der Waals surface area contributed by atoms with Gasteiger partial charge in [0.25, 0.3) is 0 Å². The monoisotopic (exact) mass is 587 g/mol. The lowest BCUT2D eigenvalue weighted by atomic mass is 9.99. The lowest BCUT2D eigenvalue weighted by Crippen LogP contribution is -2.10. The van der Waals surface area contributed by atoms with Crippen molar-refractivity contribution in [1.82, 2.24) is 0 Å². The third-order valence-electron chi connectivity index (χ3n) is 9.03. The Balaban J connectivity index is 1.24. The minimum Gasteiger partial charge on any atom is -0.454 e. The highest BCUT2D eigenvalue weighted by atomic mass is 16.3. The summed E-state index contributed by atoms with van der Waals surface area (Å²) in [7, 11) is 0. The molecule has 0 saturated heterocycles. The van der Waals surface area contributed by atoms with Crippen LogP contribution in [0.25, 0.3) is 65.7 Å². The second-order valence-electron chi connectivity index (χ2n) is 11.8. The van der Waals surface area contributed by atoms with E-state index < -0.39 is 0 Å². The summed E-state index contributed by atoms with van der Waals surface area (Å²) in [5.74, 6) is 0. The van der Waals surface area contributed by atoms with Crippen LogP contribution in [-0.4, -0.2) is 0 Å². The van der Waals surface area contributed by atoms with E-state index in [2.05, 4.69) is 175 Å². The number of furan rings is 1. The second kappa shape index (κ2) is 10.8. The van der Waals surface area contributed by atoms with Gasteiger partial charge in [0.1, 0.15) is 5.58 Å². The van der Waals surface area contributed by atoms with Crippen LogP contribution in [0.3, 0.4) is 0 Å². The molecule has 0 spiro atoms. The molecule has 0 radical (unpaired) electrons. The van der Waals surface area contributed by atoms with Gasteiger partial charge in [-0.2, -0.15) is 0 Å². The fourth-order valence-corrected chi connectivity index (χ4v) is 6.76. The van der Waals surface area contributed by atoms with Crippen LogP contribution in [0, 0.1) is 0 Å². The van der Waals surface area contributed by atoms with Crippen LogP contribution in [-0.2, 0) is 0 Å². The fraction of sp³-hybridized carbons (Fsp3) is 0. The van der Waals surface area contributed by atoms with Crippen molar-refractivity contribution in [1.29, 1.82) is 0 Å². The van der Waals surface area contributed by atoms with E-state index in [9.17, 15) is 0 Å². The molecule has 0 aliphatic heterocycles. The highest BCUT2D eigenvalue weighted by Crippen LogP contribution is 2.46. The first-order valence-corrected chi connectivity index (χ1v) is 15.7. The molecular formula is C44H29NO. The molecule has 9 rings (SSSR count). The summed E-state index contributed by atoms with van der Waals surface area (Å²) in [6, 6.07) is 62.7. The summed E-state index contributed by atoms with van der Waals surface area (Å²) < 4.78 is 6.70. The Hall–Kier alpha value is -6.12. The lowest BCUT2D eigenvalue weighted by molar-refractivity contribution is 0.669. The number of fused-ring (bicyclic) bond motifs is 6. The van der Waals surface area contributed by atoms with Crippen molar-refractivity contribution < 1.29 is 4.42 Å². The van der Waals surface area contributed by atoms with Crippen LogP contribution in [0.5, 0.6) is 0 Å². The lowest BCUT2D eigenvalue weighted by Gasteiger charge is -2.26. The highest BCUT2D eigenvalue weighted by Gasteiger charge is 2.22. The Labute approximate surface area is 267 Å². The molecule has 46 heavy (non-hydrogen) atoms. The van der Waals surface area contributed by atoms with Crippen LogP contribution in [0.2, 0.25) is 0 Å². The van der Waals surface area contributed by atoms with E-state index in [0.29, 0.717) is 0 Å². The topological polar surface area (TPSA) is 16.4 Å². The maximum atomic E-state index is 6.70. The number of hydrogen-bond donors (Lipinski definition) is 0. The van der Waals surface area contributed by atoms with Crippen LogP contribution in [0.1, 0.15) is 0 Å². The van der Waals surface area contributed by atoms with Crippen molar-refractivity contribution in [3.8, 4) is 22.3 Å². The van der Waals surface area contributed by atoms with E-state index in [1.807, 2.05) is 6.07 Å². The zero-order valence-electron chi connectivity index (χ0n) is 25.1. The summed E-state index contributed by atoms with van der Waals surface area (Å²) >= 11 is 0. The molecule has 0 atom stereocenters. The van der Waals surface area contributed by atoms with E-state index >= 15 is 0 Å². The molecule has 0 aliphatic rings. The molecule has 1 heterocycles. The molecule has 9 aromatic rings. The molecule has 0 amide bonds. The quantitative estimate of drug-likeness (QED) is 0.199. The molecule has 0 bridgehead atoms. The van der Waals surface area contributed by atoms with Gasteiger partial charge in [0.05, 0.1) is 5.69 Å². The first-order chi connectivity index (χ1) is 22.8. The number of anilines is 3. The van der Waals surface area contributed by atoms with Crippen LogP contribution in [0.15, 0.2) is 180 Å². The number of hydrogen-bond acceptors (Lipinski definition) is 2. The van der Waals surface area contributed by atoms with Crippen molar-refractivity contribution in [3.63, 3.8) is 0 Å². The van der Waals surface area contributed by atoms with Gasteiger partial charge in [0.15, 0.2) is 5.58 Å². The van der Waals surface area contributed by atoms with E-state index in [1.54, 1.807) is 0 Å². The van der Waals surface area contributed by atoms with E-state index in [4.69, 9.17) is 4.42 Å². The van der Waals surface area contributed by atoms with Gasteiger partial charge in [0, 0.05) is 22.1 Å². The average Bonchev–Trinajstić information content (AvgIpc) is 3.53. The van der Waals surface area contributed by atoms with Crippen molar-refractivity contribution in [2.75, 3.05) is 4.90 Å². The normalized spacial score (nSPS) is 11.5. The largest absolute Gasteiger partial charge is 0.454 e. The Morgan fingerprint density at radius 2 is 0.913 bits per heavy atom. The van der Waals surface area contributed by atoms with Gasteiger partial charge in [-0.25, -0.2) is 0 Å². The summed E-state index contributed by atoms with van der Waals surface area (Å²) in [5, 5.41) is 7.13. The van der Waals surface area contributed by atoms with Gasteiger partial charge in [-0.05, 0) is 86.3 Å². The van der Waals surface area contributed by atoms with Crippen LogP contribution in [0.4, 0.5) is 17.1 Å². The minimum atomic E-state index is 0.880. The standard InChI is InChI=1S/C44H29NO/c1-2-10-30(11-3-1)32-20-24-37(25-21-32)45(38-26-22-33(23-27-38)35-19-18-31-12-4-5-13-34(31)28-35)41-29-36-14-6-7-15-39(36)43-40-16-8-9-17-42(40)46-44(41)43/h1-29H. The molecular weight excluding hydrogens is 558 g/mol. The number of benzene rings is 8. The predicted octanol–water partition coefficient (Wildman–Crippen LogP) is 12.7. The maximum Gasteiger partial charge on any atom is 0.160 e. The van der Waals surface area contributed by atoms with E-state index in [0.717, 1.165) is 39.0 Å². The minimum absolute atomic E-state index is 0.880. The first kappa shape index (κ1) is 26.3. The predicted molar refractivity (Wildman–Crippen MR) is 194 cm³/mol. The number of para-hydroxylation sites is 1. The molecule has 0 fully saturated rings. The molecule has 2 heteroatoms. The van der Waals surface area contributed by atoms with Gasteiger partial charge >= 0.3 is 0 Å². The molecule has 2 nitrogen and oxygen atoms in total. The zero-order valence-corrected chi connectivity index (χ0v) is 25.1. The van der Waals surface area contributed by atoms with Gasteiger partial charge < -0.3 is 9.32 Å². The van der Waals surface area contributed by atoms with E-state index in [-0.39, 0.29) is 0 Å². The van der Waals surface area contributed by atoms with E-state index in [1.165, 1.54) is 43.8 Å². The Kier molecular flexibility index (Phi) is 6.17. The van der Waals surface area contributed by atoms with Crippen molar-refractivity contribution >= 4 is 60.5 Å². The van der Waals surface area contributed by atoms with Gasteiger partial charge in [-0.1, -0.05) is 133 Å². The average molecular weight is 588 g/mol. The van der Waals surface area contributed by atoms with Crippen molar-refractivity contribution in [3.05, 3.63) is 176 Å². The highest BCUT2D eigenvalue weighted by molar-refractivity contribution is 6.23. The number of nitrogens with zero attached hydrogens (tertiary/aromatic N) is 1. The molecule has 0 N–H and O–H groups in total. The van der Waals surface area contributed by atoms with Crippen LogP contribution < -0.4 is 4.90 Å². The maximum absolute atomic E-state index is 6.70. The van der Waals surface area contributed by atoms with Gasteiger partial charge in [-0.15, -0.1) is 0 Å². The Bertz CT molecular complexity index is 2510. The summed E-state index contributed by atoms with van der Waals surface area (Å²) in [5.41, 5.74) is 9.68. The van der Waals surface area contributed by atoms with Crippen LogP contribution >= 0.6 is 0 Å². The Morgan fingerprint density at radius 3 is 1.65 bits per heavy atom. The first-order valence-electron chi connectivity index (χ1n) is 15.7. The SMILES string of the molecule is c1ccc(-c2ccc(N(c3ccc(-c4ccc5ccccc5c4)cc3)c3cc4ccccc4c4c3oc3ccccc34)cc2)cc1. The molecule has 216 valence electrons. The second-order valence-corrected chi connectivity index (χ2v) is 11.8. The summed E-state index contributed by atoms with van der Waals surface area (Å²) in [4.78, 5) is 2.33. The van der Waals surface area contributed by atoms with Crippen molar-refractivity contribution in [2.45, 2.75) is 0 Å². The molecule has 0 unspecified atom stereocenters. The molecule has 1 aromatic heterocycles. The third-order valence-corrected chi connectivity index (χ3v) is 9.03. The fourth-order valence-electron chi connectivity index (χ4n) is 6.76. The number of rotatable bonds is 5. The zero-order chi connectivity index (χ0) is 30.5. The van der Waals surface area contributed by atoms with Gasteiger partial charge in [-0.3, -0.25) is 0 Å². The molecule has 0 aliphatic carbocycles. The van der Waals surface area contributed by atoms with Crippen molar-refractivity contribution in [2.24, 2.45) is 0 Å². The third kappa shape index (κ3) is 4.43. The smallest absolute Gasteiger partial charge is 0.160 e. The Morgan fingerprint density at radius 1 is 0.370 bits per heavy atom. The summed E-state index contributed by atoms with van der Waals surface area (Å²) in [6.45, 7) is 0. The summed E-state index contributed by atoms with van der Waals surface area (Å²) in [6.07, 6.45) is 0. The van der Waals surface area contributed by atoms with Gasteiger partial charge in [0.2, 0.25) is 0 Å².